The lowest BCUT2D eigenvalue weighted by molar-refractivity contribution is 0.414. The van der Waals surface area contributed by atoms with Crippen molar-refractivity contribution in [1.82, 2.24) is 0 Å². The van der Waals surface area contributed by atoms with Gasteiger partial charge in [-0.1, -0.05) is 19.9 Å². The first kappa shape index (κ1) is 11.7. The summed E-state index contributed by atoms with van der Waals surface area (Å²) in [5, 5.41) is 0. The van der Waals surface area contributed by atoms with E-state index in [1.54, 1.807) is 7.11 Å². The molecule has 1 atom stereocenters. The molecule has 15 heavy (non-hydrogen) atoms. The molecule has 0 aliphatic carbocycles. The molecule has 1 heteroatoms. The Morgan fingerprint density at radius 2 is 2.20 bits per heavy atom. The minimum atomic E-state index is 0.427. The lowest BCUT2D eigenvalue weighted by atomic mass is 9.92. The fourth-order valence-electron chi connectivity index (χ4n) is 1.78. The number of hydrogen-bond donors (Lipinski definition) is 0. The lowest BCUT2D eigenvalue weighted by Crippen LogP contribution is -1.98. The third-order valence-electron chi connectivity index (χ3n) is 2.69. The van der Waals surface area contributed by atoms with Crippen LogP contribution in [0.15, 0.2) is 18.2 Å². The summed E-state index contributed by atoms with van der Waals surface area (Å²) in [4.78, 5) is 0. The Morgan fingerprint density at radius 3 is 2.73 bits per heavy atom. The highest BCUT2D eigenvalue weighted by Crippen LogP contribution is 2.26. The van der Waals surface area contributed by atoms with Gasteiger partial charge in [0.25, 0.3) is 0 Å². The number of ether oxygens (including phenoxy) is 1. The van der Waals surface area contributed by atoms with Gasteiger partial charge in [0.1, 0.15) is 5.75 Å². The van der Waals surface area contributed by atoms with Gasteiger partial charge in [-0.2, -0.15) is 0 Å². The van der Waals surface area contributed by atoms with Gasteiger partial charge in [0, 0.05) is 6.42 Å². The van der Waals surface area contributed by atoms with Gasteiger partial charge in [0.05, 0.1) is 7.11 Å². The molecule has 0 saturated heterocycles. The van der Waals surface area contributed by atoms with Crippen LogP contribution < -0.4 is 4.74 Å². The van der Waals surface area contributed by atoms with Crippen LogP contribution in [0.3, 0.4) is 0 Å². The molecular weight excluding hydrogens is 184 g/mol. The van der Waals surface area contributed by atoms with E-state index >= 15 is 0 Å². The van der Waals surface area contributed by atoms with Gasteiger partial charge in [-0.25, -0.2) is 0 Å². The Labute approximate surface area is 92.5 Å². The highest BCUT2D eigenvalue weighted by molar-refractivity contribution is 5.38. The number of rotatable bonds is 4. The molecule has 0 aromatic heterocycles. The smallest absolute Gasteiger partial charge is 0.119 e. The fourth-order valence-corrected chi connectivity index (χ4v) is 1.78. The molecule has 0 N–H and O–H groups in total. The van der Waals surface area contributed by atoms with Gasteiger partial charge in [-0.15, -0.1) is 12.3 Å². The van der Waals surface area contributed by atoms with Crippen LogP contribution >= 0.6 is 0 Å². The minimum absolute atomic E-state index is 0.427. The molecular formula is C14H18O. The number of hydrogen-bond acceptors (Lipinski definition) is 1. The Balaban J connectivity index is 3.02. The molecule has 1 aromatic carbocycles. The molecule has 0 amide bonds. The van der Waals surface area contributed by atoms with Crippen LogP contribution in [0.2, 0.25) is 0 Å². The van der Waals surface area contributed by atoms with E-state index in [2.05, 4.69) is 31.9 Å². The maximum absolute atomic E-state index is 5.34. The monoisotopic (exact) mass is 202 g/mol. The summed E-state index contributed by atoms with van der Waals surface area (Å²) in [6.45, 7) is 4.32. The summed E-state index contributed by atoms with van der Waals surface area (Å²) < 4.78 is 5.21. The van der Waals surface area contributed by atoms with Crippen molar-refractivity contribution in [3.05, 3.63) is 29.3 Å². The average molecular weight is 202 g/mol. The number of aryl methyl sites for hydroxylation is 1. The van der Waals surface area contributed by atoms with Crippen molar-refractivity contribution in [3.8, 4) is 18.1 Å². The van der Waals surface area contributed by atoms with Crippen LogP contribution in [0.1, 0.15) is 37.3 Å². The van der Waals surface area contributed by atoms with Crippen LogP contribution in [0.25, 0.3) is 0 Å². The van der Waals surface area contributed by atoms with Crippen LogP contribution in [-0.2, 0) is 6.42 Å². The van der Waals surface area contributed by atoms with Crippen molar-refractivity contribution >= 4 is 0 Å². The molecule has 0 bridgehead atoms. The summed E-state index contributed by atoms with van der Waals surface area (Å²) >= 11 is 0. The first-order valence-electron chi connectivity index (χ1n) is 5.33. The molecule has 1 unspecified atom stereocenters. The third-order valence-corrected chi connectivity index (χ3v) is 2.69. The highest BCUT2D eigenvalue weighted by Gasteiger charge is 2.09. The molecule has 0 aliphatic heterocycles. The molecule has 0 heterocycles. The Bertz CT molecular complexity index is 360. The van der Waals surface area contributed by atoms with Crippen LogP contribution in [0.4, 0.5) is 0 Å². The topological polar surface area (TPSA) is 9.23 Å². The summed E-state index contributed by atoms with van der Waals surface area (Å²) in [6, 6.07) is 6.23. The Morgan fingerprint density at radius 1 is 1.47 bits per heavy atom. The molecule has 1 aromatic rings. The minimum Gasteiger partial charge on any atom is -0.497 e. The van der Waals surface area contributed by atoms with E-state index in [0.29, 0.717) is 5.92 Å². The Kier molecular flexibility index (Phi) is 4.24. The highest BCUT2D eigenvalue weighted by atomic mass is 16.5. The molecule has 0 saturated carbocycles. The van der Waals surface area contributed by atoms with Gasteiger partial charge in [0.15, 0.2) is 0 Å². The standard InChI is InChI=1S/C14H18O/c1-5-7-11(3)14-9-8-13(15-4)10-12(14)6-2/h1,8-11H,6-7H2,2-4H3. The fraction of sp³-hybridized carbons (Fsp3) is 0.429. The van der Waals surface area contributed by atoms with Gasteiger partial charge in [-0.05, 0) is 35.6 Å². The quantitative estimate of drug-likeness (QED) is 0.680. The summed E-state index contributed by atoms with van der Waals surface area (Å²) in [7, 11) is 1.69. The van der Waals surface area contributed by atoms with E-state index < -0.39 is 0 Å². The van der Waals surface area contributed by atoms with E-state index in [9.17, 15) is 0 Å². The van der Waals surface area contributed by atoms with Crippen molar-refractivity contribution < 1.29 is 4.74 Å². The first-order valence-corrected chi connectivity index (χ1v) is 5.33. The van der Waals surface area contributed by atoms with Crippen LogP contribution in [0.5, 0.6) is 5.75 Å². The summed E-state index contributed by atoms with van der Waals surface area (Å²) in [5.41, 5.74) is 2.67. The van der Waals surface area contributed by atoms with E-state index in [0.717, 1.165) is 18.6 Å². The third kappa shape index (κ3) is 2.76. The number of terminal acetylenes is 1. The molecule has 80 valence electrons. The number of benzene rings is 1. The summed E-state index contributed by atoms with van der Waals surface area (Å²) in [6.07, 6.45) is 7.15. The zero-order valence-corrected chi connectivity index (χ0v) is 9.71. The zero-order valence-electron chi connectivity index (χ0n) is 9.71. The van der Waals surface area contributed by atoms with Gasteiger partial charge in [0.2, 0.25) is 0 Å². The molecule has 0 radical (unpaired) electrons. The van der Waals surface area contributed by atoms with E-state index in [1.807, 2.05) is 6.07 Å². The Hall–Kier alpha value is -1.42. The van der Waals surface area contributed by atoms with Crippen molar-refractivity contribution in [2.75, 3.05) is 7.11 Å². The summed E-state index contributed by atoms with van der Waals surface area (Å²) in [5.74, 6) is 4.06. The second-order valence-electron chi connectivity index (χ2n) is 3.73. The molecule has 0 aliphatic rings. The first-order chi connectivity index (χ1) is 7.22. The molecule has 0 spiro atoms. The largest absolute Gasteiger partial charge is 0.497 e. The van der Waals surface area contributed by atoms with E-state index in [4.69, 9.17) is 11.2 Å². The van der Waals surface area contributed by atoms with Crippen molar-refractivity contribution in [3.63, 3.8) is 0 Å². The zero-order chi connectivity index (χ0) is 11.3. The predicted octanol–water partition coefficient (Wildman–Crippen LogP) is 3.38. The molecule has 1 rings (SSSR count). The second kappa shape index (κ2) is 5.46. The maximum atomic E-state index is 5.34. The molecule has 1 nitrogen and oxygen atoms in total. The normalized spacial score (nSPS) is 11.9. The van der Waals surface area contributed by atoms with Crippen LogP contribution in [-0.4, -0.2) is 7.11 Å². The predicted molar refractivity (Wildman–Crippen MR) is 64.2 cm³/mol. The van der Waals surface area contributed by atoms with Gasteiger partial charge >= 0.3 is 0 Å². The van der Waals surface area contributed by atoms with Crippen molar-refractivity contribution in [2.45, 2.75) is 32.6 Å². The van der Waals surface area contributed by atoms with Crippen molar-refractivity contribution in [2.24, 2.45) is 0 Å². The van der Waals surface area contributed by atoms with E-state index in [1.165, 1.54) is 11.1 Å². The van der Waals surface area contributed by atoms with E-state index in [-0.39, 0.29) is 0 Å². The maximum Gasteiger partial charge on any atom is 0.119 e. The average Bonchev–Trinajstić information content (AvgIpc) is 2.28. The lowest BCUT2D eigenvalue weighted by Gasteiger charge is -2.14. The molecule has 0 fully saturated rings. The second-order valence-corrected chi connectivity index (χ2v) is 3.73. The van der Waals surface area contributed by atoms with Gasteiger partial charge < -0.3 is 4.74 Å². The van der Waals surface area contributed by atoms with Crippen LogP contribution in [0, 0.1) is 12.3 Å². The van der Waals surface area contributed by atoms with Crippen molar-refractivity contribution in [1.29, 1.82) is 0 Å². The number of methoxy groups -OCH3 is 1. The van der Waals surface area contributed by atoms with Gasteiger partial charge in [-0.3, -0.25) is 0 Å². The SMILES string of the molecule is C#CCC(C)c1ccc(OC)cc1CC.